The third-order valence-electron chi connectivity index (χ3n) is 3.01. The zero-order chi connectivity index (χ0) is 15.1. The number of phenols is 1. The van der Waals surface area contributed by atoms with Crippen molar-refractivity contribution < 1.29 is 13.9 Å². The van der Waals surface area contributed by atoms with Gasteiger partial charge in [0.25, 0.3) is 0 Å². The lowest BCUT2D eigenvalue weighted by Crippen LogP contribution is -2.01. The minimum absolute atomic E-state index is 0.000833. The monoisotopic (exact) mass is 368 g/mol. The van der Waals surface area contributed by atoms with Crippen molar-refractivity contribution in [2.24, 2.45) is 0 Å². The molecule has 0 fully saturated rings. The van der Waals surface area contributed by atoms with E-state index in [-0.39, 0.29) is 37.6 Å². The maximum absolute atomic E-state index is 14.0. The van der Waals surface area contributed by atoms with Crippen molar-refractivity contribution >= 4 is 38.5 Å². The van der Waals surface area contributed by atoms with Crippen LogP contribution in [-0.2, 0) is 0 Å². The highest BCUT2D eigenvalue weighted by Gasteiger charge is 2.15. The van der Waals surface area contributed by atoms with E-state index in [2.05, 4.69) is 15.9 Å². The molecule has 0 saturated heterocycles. The molecular formula is C15H7BrClFO3. The van der Waals surface area contributed by atoms with Gasteiger partial charge in [-0.15, -0.1) is 0 Å². The van der Waals surface area contributed by atoms with E-state index in [1.54, 1.807) is 18.2 Å². The highest BCUT2D eigenvalue weighted by Crippen LogP contribution is 2.34. The first-order valence-electron chi connectivity index (χ1n) is 5.88. The summed E-state index contributed by atoms with van der Waals surface area (Å²) in [5.41, 5.74) is -0.173. The van der Waals surface area contributed by atoms with Gasteiger partial charge < -0.3 is 9.52 Å². The molecule has 0 radical (unpaired) electrons. The summed E-state index contributed by atoms with van der Waals surface area (Å²) in [5.74, 6) is -0.788. The number of halogens is 3. The van der Waals surface area contributed by atoms with E-state index in [0.717, 1.165) is 6.07 Å². The first kappa shape index (κ1) is 14.1. The molecule has 106 valence electrons. The SMILES string of the molecule is O=c1cc(-c2cc(O)c(Br)cc2F)oc2c(Cl)cccc12. The Labute approximate surface area is 131 Å². The highest BCUT2D eigenvalue weighted by molar-refractivity contribution is 9.10. The third-order valence-corrected chi connectivity index (χ3v) is 3.94. The van der Waals surface area contributed by atoms with Crippen LogP contribution in [0.25, 0.3) is 22.3 Å². The Morgan fingerprint density at radius 1 is 1.24 bits per heavy atom. The molecular weight excluding hydrogens is 363 g/mol. The van der Waals surface area contributed by atoms with Crippen LogP contribution in [0.1, 0.15) is 0 Å². The van der Waals surface area contributed by atoms with Crippen LogP contribution in [-0.4, -0.2) is 5.11 Å². The van der Waals surface area contributed by atoms with Gasteiger partial charge in [0.05, 0.1) is 20.4 Å². The van der Waals surface area contributed by atoms with Crippen LogP contribution in [0.3, 0.4) is 0 Å². The highest BCUT2D eigenvalue weighted by atomic mass is 79.9. The molecule has 1 aromatic heterocycles. The van der Waals surface area contributed by atoms with Crippen LogP contribution in [0.4, 0.5) is 4.39 Å². The number of hydrogen-bond donors (Lipinski definition) is 1. The largest absolute Gasteiger partial charge is 0.507 e. The predicted octanol–water partition coefficient (Wildman–Crippen LogP) is 4.72. The summed E-state index contributed by atoms with van der Waals surface area (Å²) in [6.07, 6.45) is 0. The van der Waals surface area contributed by atoms with E-state index in [9.17, 15) is 14.3 Å². The molecule has 2 aromatic carbocycles. The van der Waals surface area contributed by atoms with Gasteiger partial charge in [0.2, 0.25) is 0 Å². The van der Waals surface area contributed by atoms with Crippen molar-refractivity contribution in [3.8, 4) is 17.1 Å². The number of fused-ring (bicyclic) bond motifs is 1. The second kappa shape index (κ2) is 5.16. The zero-order valence-corrected chi connectivity index (χ0v) is 12.7. The molecule has 0 spiro atoms. The lowest BCUT2D eigenvalue weighted by Gasteiger charge is -2.07. The van der Waals surface area contributed by atoms with Crippen LogP contribution in [0.5, 0.6) is 5.75 Å². The Morgan fingerprint density at radius 3 is 2.76 bits per heavy atom. The van der Waals surface area contributed by atoms with E-state index in [1.165, 1.54) is 12.1 Å². The molecule has 0 aliphatic rings. The zero-order valence-electron chi connectivity index (χ0n) is 10.4. The summed E-state index contributed by atoms with van der Waals surface area (Å²) in [7, 11) is 0. The minimum atomic E-state index is -0.630. The maximum atomic E-state index is 14.0. The molecule has 0 unspecified atom stereocenters. The fraction of sp³-hybridized carbons (Fsp3) is 0. The lowest BCUT2D eigenvalue weighted by molar-refractivity contribution is 0.469. The van der Waals surface area contributed by atoms with E-state index in [0.29, 0.717) is 5.39 Å². The van der Waals surface area contributed by atoms with Gasteiger partial charge in [-0.05, 0) is 40.2 Å². The molecule has 0 bridgehead atoms. The Balaban J connectivity index is 2.34. The summed E-state index contributed by atoms with van der Waals surface area (Å²) in [5, 5.41) is 10.2. The summed E-state index contributed by atoms with van der Waals surface area (Å²) in [4.78, 5) is 12.1. The van der Waals surface area contributed by atoms with Gasteiger partial charge in [-0.25, -0.2) is 4.39 Å². The number of rotatable bonds is 1. The van der Waals surface area contributed by atoms with Crippen molar-refractivity contribution in [1.29, 1.82) is 0 Å². The van der Waals surface area contributed by atoms with Crippen molar-refractivity contribution in [3.05, 3.63) is 61.9 Å². The van der Waals surface area contributed by atoms with Crippen molar-refractivity contribution in [1.82, 2.24) is 0 Å². The summed E-state index contributed by atoms with van der Waals surface area (Å²) in [6.45, 7) is 0. The van der Waals surface area contributed by atoms with Gasteiger partial charge >= 0.3 is 0 Å². The number of hydrogen-bond acceptors (Lipinski definition) is 3. The van der Waals surface area contributed by atoms with Crippen molar-refractivity contribution in [2.45, 2.75) is 0 Å². The van der Waals surface area contributed by atoms with Crippen molar-refractivity contribution in [2.75, 3.05) is 0 Å². The van der Waals surface area contributed by atoms with Crippen LogP contribution < -0.4 is 5.43 Å². The van der Waals surface area contributed by atoms with Gasteiger partial charge in [-0.2, -0.15) is 0 Å². The second-order valence-corrected chi connectivity index (χ2v) is 5.64. The molecule has 3 rings (SSSR count). The molecule has 3 nitrogen and oxygen atoms in total. The van der Waals surface area contributed by atoms with Gasteiger partial charge in [0.15, 0.2) is 11.0 Å². The summed E-state index contributed by atoms with van der Waals surface area (Å²) >= 11 is 9.02. The fourth-order valence-electron chi connectivity index (χ4n) is 2.00. The van der Waals surface area contributed by atoms with Crippen LogP contribution in [0.2, 0.25) is 5.02 Å². The Kier molecular flexibility index (Phi) is 3.47. The average Bonchev–Trinajstić information content (AvgIpc) is 2.44. The molecule has 0 aliphatic carbocycles. The van der Waals surface area contributed by atoms with E-state index in [1.807, 2.05) is 0 Å². The van der Waals surface area contributed by atoms with Crippen LogP contribution >= 0.6 is 27.5 Å². The number of aromatic hydroxyl groups is 1. The van der Waals surface area contributed by atoms with Gasteiger partial charge in [-0.3, -0.25) is 4.79 Å². The first-order valence-corrected chi connectivity index (χ1v) is 7.05. The Hall–Kier alpha value is -1.85. The van der Waals surface area contributed by atoms with E-state index < -0.39 is 5.82 Å². The summed E-state index contributed by atoms with van der Waals surface area (Å²) in [6, 6.07) is 8.23. The predicted molar refractivity (Wildman–Crippen MR) is 82.3 cm³/mol. The molecule has 0 atom stereocenters. The van der Waals surface area contributed by atoms with Gasteiger partial charge in [0.1, 0.15) is 17.3 Å². The topological polar surface area (TPSA) is 50.4 Å². The smallest absolute Gasteiger partial charge is 0.193 e. The molecule has 21 heavy (non-hydrogen) atoms. The molecule has 6 heteroatoms. The average molecular weight is 370 g/mol. The van der Waals surface area contributed by atoms with Gasteiger partial charge in [-0.1, -0.05) is 17.7 Å². The quantitative estimate of drug-likeness (QED) is 0.675. The lowest BCUT2D eigenvalue weighted by atomic mass is 10.1. The second-order valence-electron chi connectivity index (χ2n) is 4.37. The first-order chi connectivity index (χ1) is 9.97. The third kappa shape index (κ3) is 2.43. The van der Waals surface area contributed by atoms with Crippen molar-refractivity contribution in [3.63, 3.8) is 0 Å². The molecule has 0 aliphatic heterocycles. The summed E-state index contributed by atoms with van der Waals surface area (Å²) < 4.78 is 19.8. The molecule has 1 N–H and O–H groups in total. The minimum Gasteiger partial charge on any atom is -0.507 e. The normalized spacial score (nSPS) is 11.0. The van der Waals surface area contributed by atoms with Crippen LogP contribution in [0.15, 0.2) is 50.1 Å². The number of benzene rings is 2. The Morgan fingerprint density at radius 2 is 2.00 bits per heavy atom. The molecule has 1 heterocycles. The number of para-hydroxylation sites is 1. The standard InChI is InChI=1S/C15H7BrClFO3/c16-9-5-11(18)8(4-13(9)20)14-6-12(19)7-2-1-3-10(17)15(7)21-14/h1-6,20H. The maximum Gasteiger partial charge on any atom is 0.193 e. The van der Waals surface area contributed by atoms with E-state index >= 15 is 0 Å². The van der Waals surface area contributed by atoms with Crippen LogP contribution in [0, 0.1) is 5.82 Å². The molecule has 3 aromatic rings. The number of phenolic OH excluding ortho intramolecular Hbond substituents is 1. The van der Waals surface area contributed by atoms with E-state index in [4.69, 9.17) is 16.0 Å². The van der Waals surface area contributed by atoms with Gasteiger partial charge in [0, 0.05) is 6.07 Å². The fourth-order valence-corrected chi connectivity index (χ4v) is 2.53. The molecule has 0 amide bonds. The Bertz CT molecular complexity index is 921. The molecule has 0 saturated carbocycles.